The van der Waals surface area contributed by atoms with E-state index in [1.165, 1.54) is 0 Å². The Morgan fingerprint density at radius 2 is 2.03 bits per heavy atom. The minimum atomic E-state index is 0.0463. The minimum absolute atomic E-state index is 0.0463. The predicted octanol–water partition coefficient (Wildman–Crippen LogP) is 3.93. The van der Waals surface area contributed by atoms with E-state index in [1.807, 2.05) is 59.5 Å². The lowest BCUT2D eigenvalue weighted by Gasteiger charge is -2.32. The lowest BCUT2D eigenvalue weighted by molar-refractivity contribution is -0.135. The molecule has 1 saturated heterocycles. The average Bonchev–Trinajstić information content (AvgIpc) is 3.32. The quantitative estimate of drug-likeness (QED) is 0.507. The zero-order valence-corrected chi connectivity index (χ0v) is 18.4. The fourth-order valence-electron chi connectivity index (χ4n) is 3.91. The number of aryl methyl sites for hydroxylation is 1. The molecule has 32 heavy (non-hydrogen) atoms. The Bertz CT molecular complexity index is 1010. The van der Waals surface area contributed by atoms with E-state index in [2.05, 4.69) is 10.1 Å². The highest BCUT2D eigenvalue weighted by atomic mass is 16.5. The van der Waals surface area contributed by atoms with Gasteiger partial charge in [0.1, 0.15) is 5.75 Å². The third-order valence-electron chi connectivity index (χ3n) is 5.66. The van der Waals surface area contributed by atoms with Crippen LogP contribution < -0.4 is 4.74 Å². The van der Waals surface area contributed by atoms with Crippen LogP contribution in [0.2, 0.25) is 0 Å². The summed E-state index contributed by atoms with van der Waals surface area (Å²) in [7, 11) is 1.65. The van der Waals surface area contributed by atoms with E-state index in [9.17, 15) is 4.79 Å². The zero-order chi connectivity index (χ0) is 22.2. The molecule has 1 aromatic heterocycles. The number of aromatic nitrogens is 2. The second kappa shape index (κ2) is 10.9. The van der Waals surface area contributed by atoms with Crippen molar-refractivity contribution in [2.45, 2.75) is 38.2 Å². The van der Waals surface area contributed by atoms with E-state index in [4.69, 9.17) is 14.0 Å². The molecule has 0 aliphatic carbocycles. The highest BCUT2D eigenvalue weighted by Crippen LogP contribution is 2.19. The molecule has 2 heterocycles. The van der Waals surface area contributed by atoms with Gasteiger partial charge in [0, 0.05) is 31.5 Å². The molecule has 0 N–H and O–H groups in total. The molecule has 0 radical (unpaired) electrons. The molecule has 1 aliphatic rings. The van der Waals surface area contributed by atoms with Gasteiger partial charge < -0.3 is 18.9 Å². The molecule has 7 heteroatoms. The van der Waals surface area contributed by atoms with Crippen molar-refractivity contribution in [3.8, 4) is 17.2 Å². The van der Waals surface area contributed by atoms with Crippen LogP contribution >= 0.6 is 0 Å². The van der Waals surface area contributed by atoms with E-state index in [1.54, 1.807) is 7.11 Å². The number of nitrogens with zero attached hydrogens (tertiary/aromatic N) is 3. The maximum absolute atomic E-state index is 12.7. The Morgan fingerprint density at radius 3 is 2.88 bits per heavy atom. The van der Waals surface area contributed by atoms with Gasteiger partial charge in [0.05, 0.1) is 19.8 Å². The van der Waals surface area contributed by atoms with Crippen LogP contribution in [0, 0.1) is 0 Å². The summed E-state index contributed by atoms with van der Waals surface area (Å²) < 4.78 is 16.6. The molecule has 2 aromatic carbocycles. The molecule has 0 bridgehead atoms. The number of likely N-dealkylation sites (tertiary alicyclic amines) is 1. The molecule has 1 unspecified atom stereocenters. The number of hydrogen-bond acceptors (Lipinski definition) is 6. The maximum Gasteiger partial charge on any atom is 0.257 e. The molecule has 3 aromatic rings. The standard InChI is InChI=1S/C25H29N3O4/c1-30-21-10-5-7-19(17-21)12-13-24(29)28-15-6-11-22(18-28)31-16-14-23-26-25(32-27-23)20-8-3-2-4-9-20/h2-5,7-10,17,22H,6,11-16,18H2,1H3. The van der Waals surface area contributed by atoms with Crippen LogP contribution in [0.3, 0.4) is 0 Å². The first-order chi connectivity index (χ1) is 15.7. The summed E-state index contributed by atoms with van der Waals surface area (Å²) in [6.45, 7) is 1.94. The minimum Gasteiger partial charge on any atom is -0.497 e. The van der Waals surface area contributed by atoms with Crippen LogP contribution in [-0.4, -0.2) is 53.9 Å². The summed E-state index contributed by atoms with van der Waals surface area (Å²) in [5.74, 6) is 2.14. The first-order valence-corrected chi connectivity index (χ1v) is 11.1. The molecule has 1 amide bonds. The Labute approximate surface area is 188 Å². The second-order valence-electron chi connectivity index (χ2n) is 7.96. The van der Waals surface area contributed by atoms with E-state index in [-0.39, 0.29) is 12.0 Å². The van der Waals surface area contributed by atoms with E-state index >= 15 is 0 Å². The number of hydrogen-bond donors (Lipinski definition) is 0. The van der Waals surface area contributed by atoms with E-state index < -0.39 is 0 Å². The number of carbonyl (C=O) groups excluding carboxylic acids is 1. The van der Waals surface area contributed by atoms with Crippen molar-refractivity contribution in [3.63, 3.8) is 0 Å². The zero-order valence-electron chi connectivity index (χ0n) is 18.4. The smallest absolute Gasteiger partial charge is 0.257 e. The summed E-state index contributed by atoms with van der Waals surface area (Å²) in [6, 6.07) is 17.6. The van der Waals surface area contributed by atoms with Crippen molar-refractivity contribution in [2.75, 3.05) is 26.8 Å². The van der Waals surface area contributed by atoms with Crippen molar-refractivity contribution in [1.29, 1.82) is 0 Å². The molecular weight excluding hydrogens is 406 g/mol. The van der Waals surface area contributed by atoms with Gasteiger partial charge in [-0.3, -0.25) is 4.79 Å². The number of methoxy groups -OCH3 is 1. The molecule has 0 spiro atoms. The van der Waals surface area contributed by atoms with E-state index in [0.29, 0.717) is 44.1 Å². The van der Waals surface area contributed by atoms with Gasteiger partial charge in [-0.25, -0.2) is 0 Å². The fraction of sp³-hybridized carbons (Fsp3) is 0.400. The largest absolute Gasteiger partial charge is 0.497 e. The summed E-state index contributed by atoms with van der Waals surface area (Å²) in [5, 5.41) is 4.04. The van der Waals surface area contributed by atoms with Gasteiger partial charge in [0.15, 0.2) is 5.82 Å². The van der Waals surface area contributed by atoms with Crippen molar-refractivity contribution in [2.24, 2.45) is 0 Å². The molecule has 7 nitrogen and oxygen atoms in total. The van der Waals surface area contributed by atoms with Gasteiger partial charge in [-0.05, 0) is 49.1 Å². The number of ether oxygens (including phenoxy) is 2. The van der Waals surface area contributed by atoms with Crippen LogP contribution in [0.4, 0.5) is 0 Å². The highest BCUT2D eigenvalue weighted by Gasteiger charge is 2.24. The predicted molar refractivity (Wildman–Crippen MR) is 120 cm³/mol. The first kappa shape index (κ1) is 22.0. The van der Waals surface area contributed by atoms with E-state index in [0.717, 1.165) is 36.3 Å². The van der Waals surface area contributed by atoms with Crippen molar-refractivity contribution >= 4 is 5.91 Å². The van der Waals surface area contributed by atoms with Crippen LogP contribution in [0.5, 0.6) is 5.75 Å². The monoisotopic (exact) mass is 435 g/mol. The number of amides is 1. The van der Waals surface area contributed by atoms with Gasteiger partial charge in [-0.15, -0.1) is 0 Å². The van der Waals surface area contributed by atoms with Gasteiger partial charge in [0.2, 0.25) is 5.91 Å². The highest BCUT2D eigenvalue weighted by molar-refractivity contribution is 5.76. The number of benzene rings is 2. The van der Waals surface area contributed by atoms with Crippen LogP contribution in [0.1, 0.15) is 30.7 Å². The van der Waals surface area contributed by atoms with Gasteiger partial charge in [0.25, 0.3) is 5.89 Å². The molecule has 0 saturated carbocycles. The summed E-state index contributed by atoms with van der Waals surface area (Å²) in [5.41, 5.74) is 2.01. The first-order valence-electron chi connectivity index (χ1n) is 11.1. The molecule has 1 aliphatic heterocycles. The van der Waals surface area contributed by atoms with Crippen LogP contribution in [0.15, 0.2) is 59.1 Å². The van der Waals surface area contributed by atoms with Gasteiger partial charge >= 0.3 is 0 Å². The lowest BCUT2D eigenvalue weighted by Crippen LogP contribution is -2.43. The maximum atomic E-state index is 12.7. The third-order valence-corrected chi connectivity index (χ3v) is 5.66. The van der Waals surface area contributed by atoms with Gasteiger partial charge in [-0.1, -0.05) is 35.5 Å². The summed E-state index contributed by atoms with van der Waals surface area (Å²) >= 11 is 0. The summed E-state index contributed by atoms with van der Waals surface area (Å²) in [4.78, 5) is 19.1. The third kappa shape index (κ3) is 5.95. The second-order valence-corrected chi connectivity index (χ2v) is 7.96. The number of piperidine rings is 1. The average molecular weight is 436 g/mol. The molecule has 1 atom stereocenters. The molecule has 168 valence electrons. The Kier molecular flexibility index (Phi) is 7.51. The number of rotatable bonds is 9. The van der Waals surface area contributed by atoms with Crippen molar-refractivity contribution in [3.05, 3.63) is 66.0 Å². The normalized spacial score (nSPS) is 16.2. The summed E-state index contributed by atoms with van der Waals surface area (Å²) in [6.07, 6.45) is 3.74. The fourth-order valence-corrected chi connectivity index (χ4v) is 3.91. The van der Waals surface area contributed by atoms with Gasteiger partial charge in [-0.2, -0.15) is 4.98 Å². The SMILES string of the molecule is COc1cccc(CCC(=O)N2CCCC(OCCc3noc(-c4ccccc4)n3)C2)c1. The Balaban J connectivity index is 1.21. The number of carbonyl (C=O) groups is 1. The van der Waals surface area contributed by atoms with Crippen molar-refractivity contribution < 1.29 is 18.8 Å². The van der Waals surface area contributed by atoms with Crippen LogP contribution in [0.25, 0.3) is 11.5 Å². The van der Waals surface area contributed by atoms with Crippen molar-refractivity contribution in [1.82, 2.24) is 15.0 Å². The lowest BCUT2D eigenvalue weighted by atomic mass is 10.1. The molecule has 1 fully saturated rings. The topological polar surface area (TPSA) is 77.7 Å². The Morgan fingerprint density at radius 1 is 1.16 bits per heavy atom. The molecular formula is C25H29N3O4. The Hall–Kier alpha value is -3.19. The molecule has 4 rings (SSSR count). The van der Waals surface area contributed by atoms with Crippen LogP contribution in [-0.2, 0) is 22.4 Å².